The quantitative estimate of drug-likeness (QED) is 0.567. The molecule has 0 radical (unpaired) electrons. The van der Waals surface area contributed by atoms with Crippen LogP contribution >= 0.6 is 34.7 Å². The summed E-state index contributed by atoms with van der Waals surface area (Å²) in [5.74, 6) is 0.597. The minimum atomic E-state index is -0.433. The highest BCUT2D eigenvalue weighted by molar-refractivity contribution is 8.01. The van der Waals surface area contributed by atoms with Crippen molar-refractivity contribution in [3.8, 4) is 11.3 Å². The Morgan fingerprint density at radius 3 is 2.82 bits per heavy atom. The van der Waals surface area contributed by atoms with Crippen LogP contribution < -0.4 is 10.6 Å². The van der Waals surface area contributed by atoms with Crippen LogP contribution in [0.25, 0.3) is 11.3 Å². The van der Waals surface area contributed by atoms with E-state index in [1.165, 1.54) is 23.1 Å². The largest absolute Gasteiger partial charge is 0.360 e. The number of anilines is 2. The summed E-state index contributed by atoms with van der Waals surface area (Å²) in [5.41, 5.74) is 1.51. The van der Waals surface area contributed by atoms with Gasteiger partial charge in [0.25, 0.3) is 0 Å². The van der Waals surface area contributed by atoms with E-state index in [1.54, 1.807) is 26.0 Å². The van der Waals surface area contributed by atoms with Crippen molar-refractivity contribution in [2.75, 3.05) is 16.4 Å². The van der Waals surface area contributed by atoms with Gasteiger partial charge in [-0.2, -0.15) is 0 Å². The van der Waals surface area contributed by atoms with E-state index in [0.717, 1.165) is 5.56 Å². The first-order valence-electron chi connectivity index (χ1n) is 8.28. The summed E-state index contributed by atoms with van der Waals surface area (Å²) < 4.78 is 4.90. The topological polar surface area (TPSA) is 97.1 Å². The number of halogens is 1. The second kappa shape index (κ2) is 9.22. The Hall–Kier alpha value is -2.36. The molecule has 0 aliphatic rings. The molecule has 0 aliphatic carbocycles. The number of carbonyl (C=O) groups excluding carboxylic acids is 2. The highest BCUT2D eigenvalue weighted by Crippen LogP contribution is 2.30. The Morgan fingerprint density at radius 2 is 2.11 bits per heavy atom. The third-order valence-electron chi connectivity index (χ3n) is 3.61. The molecular weight excluding hydrogens is 420 g/mol. The fourth-order valence-electron chi connectivity index (χ4n) is 2.21. The third kappa shape index (κ3) is 5.34. The van der Waals surface area contributed by atoms with Gasteiger partial charge < -0.3 is 15.2 Å². The van der Waals surface area contributed by atoms with Crippen molar-refractivity contribution in [2.24, 2.45) is 0 Å². The number of thioether (sulfide) groups is 1. The van der Waals surface area contributed by atoms with E-state index in [1.807, 2.05) is 23.6 Å². The van der Waals surface area contributed by atoms with Gasteiger partial charge in [-0.05, 0) is 19.9 Å². The molecule has 28 heavy (non-hydrogen) atoms. The van der Waals surface area contributed by atoms with Crippen molar-refractivity contribution in [1.29, 1.82) is 0 Å². The van der Waals surface area contributed by atoms with Gasteiger partial charge in [0, 0.05) is 22.0 Å². The summed E-state index contributed by atoms with van der Waals surface area (Å²) in [7, 11) is 0. The molecule has 0 spiro atoms. The highest BCUT2D eigenvalue weighted by Gasteiger charge is 2.17. The normalized spacial score (nSPS) is 11.8. The van der Waals surface area contributed by atoms with Crippen LogP contribution in [0.1, 0.15) is 12.7 Å². The van der Waals surface area contributed by atoms with Crippen molar-refractivity contribution < 1.29 is 14.1 Å². The summed E-state index contributed by atoms with van der Waals surface area (Å²) >= 11 is 8.71. The fourth-order valence-corrected chi connectivity index (χ4v) is 3.85. The number of hydrogen-bond acceptors (Lipinski definition) is 7. The van der Waals surface area contributed by atoms with Crippen LogP contribution in [0.5, 0.6) is 0 Å². The van der Waals surface area contributed by atoms with Gasteiger partial charge in [-0.3, -0.25) is 9.59 Å². The first kappa shape index (κ1) is 20.4. The molecule has 2 heterocycles. The molecule has 1 aromatic carbocycles. The van der Waals surface area contributed by atoms with Crippen molar-refractivity contribution in [2.45, 2.75) is 19.1 Å². The third-order valence-corrected chi connectivity index (χ3v) is 5.84. The van der Waals surface area contributed by atoms with Crippen LogP contribution in [-0.4, -0.2) is 33.0 Å². The van der Waals surface area contributed by atoms with Crippen LogP contribution in [0.3, 0.4) is 0 Å². The number of hydrogen-bond donors (Lipinski definition) is 2. The van der Waals surface area contributed by atoms with Crippen molar-refractivity contribution in [3.63, 3.8) is 0 Å². The number of aromatic nitrogens is 2. The van der Waals surface area contributed by atoms with E-state index in [9.17, 15) is 9.59 Å². The predicted molar refractivity (Wildman–Crippen MR) is 113 cm³/mol. The SMILES string of the molecule is Cc1cc(NC(=O)C(C)SCC(=O)Nc2nc(-c3ccccc3Cl)cs2)no1. The molecule has 2 aromatic heterocycles. The molecule has 2 N–H and O–H groups in total. The molecular formula is C18H17ClN4O3S2. The van der Waals surface area contributed by atoms with Gasteiger partial charge in [-0.15, -0.1) is 23.1 Å². The molecule has 3 aromatic rings. The summed E-state index contributed by atoms with van der Waals surface area (Å²) in [6.45, 7) is 3.46. The Labute approximate surface area is 174 Å². The van der Waals surface area contributed by atoms with Crippen LogP contribution in [-0.2, 0) is 9.59 Å². The van der Waals surface area contributed by atoms with Gasteiger partial charge in [0.2, 0.25) is 11.8 Å². The van der Waals surface area contributed by atoms with E-state index in [4.69, 9.17) is 16.1 Å². The monoisotopic (exact) mass is 436 g/mol. The fraction of sp³-hybridized carbons (Fsp3) is 0.222. The van der Waals surface area contributed by atoms with Gasteiger partial charge >= 0.3 is 0 Å². The molecule has 0 saturated heterocycles. The average Bonchev–Trinajstić information content (AvgIpc) is 3.29. The number of nitrogens with one attached hydrogen (secondary N) is 2. The van der Waals surface area contributed by atoms with E-state index < -0.39 is 5.25 Å². The molecule has 1 atom stereocenters. The standard InChI is InChI=1S/C18H17ClN4O3S2/c1-10-7-15(23-26-10)21-17(25)11(2)27-9-16(24)22-18-20-14(8-28-18)12-5-3-4-6-13(12)19/h3-8,11H,9H2,1-2H3,(H,20,22,24)(H,21,23,25). The van der Waals surface area contributed by atoms with E-state index in [-0.39, 0.29) is 17.6 Å². The molecule has 10 heteroatoms. The zero-order valence-corrected chi connectivity index (χ0v) is 17.5. The lowest BCUT2D eigenvalue weighted by atomic mass is 10.2. The number of aryl methyl sites for hydroxylation is 1. The molecule has 0 fully saturated rings. The van der Waals surface area contributed by atoms with Crippen LogP contribution in [0, 0.1) is 6.92 Å². The molecule has 2 amide bonds. The summed E-state index contributed by atoms with van der Waals surface area (Å²) in [6, 6.07) is 9.01. The van der Waals surface area contributed by atoms with E-state index >= 15 is 0 Å². The lowest BCUT2D eigenvalue weighted by Crippen LogP contribution is -2.25. The van der Waals surface area contributed by atoms with Gasteiger partial charge in [0.15, 0.2) is 10.9 Å². The number of nitrogens with zero attached hydrogens (tertiary/aromatic N) is 2. The van der Waals surface area contributed by atoms with Gasteiger partial charge in [-0.1, -0.05) is 35.0 Å². The summed E-state index contributed by atoms with van der Waals surface area (Å²) in [5, 5.41) is 11.6. The molecule has 0 saturated carbocycles. The maximum Gasteiger partial charge on any atom is 0.238 e. The van der Waals surface area contributed by atoms with Crippen LogP contribution in [0.2, 0.25) is 5.02 Å². The number of carbonyl (C=O) groups is 2. The number of rotatable bonds is 7. The Morgan fingerprint density at radius 1 is 1.32 bits per heavy atom. The minimum absolute atomic E-state index is 0.118. The number of amides is 2. The Balaban J connectivity index is 1.49. The molecule has 1 unspecified atom stereocenters. The maximum absolute atomic E-state index is 12.2. The highest BCUT2D eigenvalue weighted by atomic mass is 35.5. The molecule has 0 aliphatic heterocycles. The average molecular weight is 437 g/mol. The summed E-state index contributed by atoms with van der Waals surface area (Å²) in [4.78, 5) is 28.7. The lowest BCUT2D eigenvalue weighted by Gasteiger charge is -2.09. The number of thiazole rings is 1. The second-order valence-corrected chi connectivity index (χ2v) is 8.43. The van der Waals surface area contributed by atoms with Gasteiger partial charge in [-0.25, -0.2) is 4.98 Å². The Kier molecular flexibility index (Phi) is 6.71. The van der Waals surface area contributed by atoms with Crippen molar-refractivity contribution >= 4 is 57.5 Å². The van der Waals surface area contributed by atoms with Crippen molar-refractivity contribution in [3.05, 3.63) is 46.5 Å². The first-order valence-corrected chi connectivity index (χ1v) is 10.6. The lowest BCUT2D eigenvalue weighted by molar-refractivity contribution is -0.115. The van der Waals surface area contributed by atoms with Crippen LogP contribution in [0.4, 0.5) is 10.9 Å². The number of benzene rings is 1. The molecule has 146 valence electrons. The first-order chi connectivity index (χ1) is 13.4. The zero-order chi connectivity index (χ0) is 20.1. The van der Waals surface area contributed by atoms with E-state index in [2.05, 4.69) is 20.8 Å². The molecule has 3 rings (SSSR count). The minimum Gasteiger partial charge on any atom is -0.360 e. The van der Waals surface area contributed by atoms with E-state index in [0.29, 0.717) is 27.4 Å². The molecule has 7 nitrogen and oxygen atoms in total. The summed E-state index contributed by atoms with van der Waals surface area (Å²) in [6.07, 6.45) is 0. The maximum atomic E-state index is 12.2. The van der Waals surface area contributed by atoms with Crippen LogP contribution in [0.15, 0.2) is 40.2 Å². The van der Waals surface area contributed by atoms with Crippen molar-refractivity contribution in [1.82, 2.24) is 10.1 Å². The van der Waals surface area contributed by atoms with Gasteiger partial charge in [0.1, 0.15) is 5.76 Å². The second-order valence-electron chi connectivity index (χ2n) is 5.83. The zero-order valence-electron chi connectivity index (χ0n) is 15.1. The smallest absolute Gasteiger partial charge is 0.238 e. The Bertz CT molecular complexity index is 989. The predicted octanol–water partition coefficient (Wildman–Crippen LogP) is 4.46. The molecule has 0 bridgehead atoms. The van der Waals surface area contributed by atoms with Gasteiger partial charge in [0.05, 0.1) is 16.7 Å².